The zero-order chi connectivity index (χ0) is 15.6. The molecule has 0 aromatic heterocycles. The Morgan fingerprint density at radius 2 is 2.05 bits per heavy atom. The molecular weight excluding hydrogens is 287 g/mol. The highest BCUT2D eigenvalue weighted by Gasteiger charge is 2.41. The number of alkyl halides is 3. The first kappa shape index (κ1) is 15.6. The standard InChI is InChI=1S/C14H16F3NO3/c15-14(16,17)9-2-1-5-18(7-9)8-13(21)11-4-3-10(19)6-12(11)20/h3-4,6,9,19-20H,1-2,5,7-8H2. The van der Waals surface area contributed by atoms with E-state index in [0.717, 1.165) is 6.07 Å². The number of Topliss-reactive ketones (excluding diaryl/α,β-unsaturated/α-hetero) is 1. The van der Waals surface area contributed by atoms with Crippen molar-refractivity contribution in [2.75, 3.05) is 19.6 Å². The minimum absolute atomic E-state index is 0.00179. The maximum Gasteiger partial charge on any atom is 0.393 e. The Morgan fingerprint density at radius 3 is 2.67 bits per heavy atom. The Balaban J connectivity index is 2.02. The average Bonchev–Trinajstić information content (AvgIpc) is 2.37. The fraction of sp³-hybridized carbons (Fsp3) is 0.500. The van der Waals surface area contributed by atoms with Crippen LogP contribution >= 0.6 is 0 Å². The minimum Gasteiger partial charge on any atom is -0.508 e. The van der Waals surface area contributed by atoms with Gasteiger partial charge in [0.05, 0.1) is 18.0 Å². The SMILES string of the molecule is O=C(CN1CCCC(C(F)(F)F)C1)c1ccc(O)cc1O. The highest BCUT2D eigenvalue weighted by Crippen LogP contribution is 2.33. The number of nitrogens with zero attached hydrogens (tertiary/aromatic N) is 1. The lowest BCUT2D eigenvalue weighted by Gasteiger charge is -2.33. The van der Waals surface area contributed by atoms with Gasteiger partial charge < -0.3 is 10.2 Å². The first-order chi connectivity index (χ1) is 9.77. The molecule has 0 amide bonds. The van der Waals surface area contributed by atoms with Crippen LogP contribution in [0.4, 0.5) is 13.2 Å². The number of benzene rings is 1. The van der Waals surface area contributed by atoms with Gasteiger partial charge in [-0.2, -0.15) is 13.2 Å². The number of phenols is 2. The molecule has 116 valence electrons. The fourth-order valence-corrected chi connectivity index (χ4v) is 2.51. The van der Waals surface area contributed by atoms with Crippen molar-refractivity contribution in [2.45, 2.75) is 19.0 Å². The van der Waals surface area contributed by atoms with Crippen molar-refractivity contribution in [2.24, 2.45) is 5.92 Å². The van der Waals surface area contributed by atoms with Crippen LogP contribution in [-0.2, 0) is 0 Å². The van der Waals surface area contributed by atoms with Gasteiger partial charge in [0.1, 0.15) is 11.5 Å². The van der Waals surface area contributed by atoms with Crippen LogP contribution in [-0.4, -0.2) is 46.7 Å². The molecule has 1 aromatic carbocycles. The van der Waals surface area contributed by atoms with Crippen LogP contribution in [0.1, 0.15) is 23.2 Å². The van der Waals surface area contributed by atoms with E-state index in [1.165, 1.54) is 17.0 Å². The molecule has 1 aliphatic rings. The quantitative estimate of drug-likeness (QED) is 0.843. The van der Waals surface area contributed by atoms with Crippen LogP contribution in [0, 0.1) is 5.92 Å². The number of carbonyl (C=O) groups excluding carboxylic acids is 1. The molecule has 2 N–H and O–H groups in total. The molecule has 1 fully saturated rings. The maximum absolute atomic E-state index is 12.7. The number of rotatable bonds is 3. The van der Waals surface area contributed by atoms with Crippen LogP contribution in [0.15, 0.2) is 18.2 Å². The first-order valence-corrected chi connectivity index (χ1v) is 6.61. The summed E-state index contributed by atoms with van der Waals surface area (Å²) >= 11 is 0. The van der Waals surface area contributed by atoms with Gasteiger partial charge in [0.15, 0.2) is 5.78 Å². The van der Waals surface area contributed by atoms with E-state index in [1.54, 1.807) is 0 Å². The summed E-state index contributed by atoms with van der Waals surface area (Å²) in [6.07, 6.45) is -3.78. The molecule has 4 nitrogen and oxygen atoms in total. The second-order valence-electron chi connectivity index (χ2n) is 5.24. The van der Waals surface area contributed by atoms with E-state index >= 15 is 0 Å². The number of aromatic hydroxyl groups is 2. The van der Waals surface area contributed by atoms with Gasteiger partial charge in [-0.15, -0.1) is 0 Å². The van der Waals surface area contributed by atoms with Crippen LogP contribution in [0.3, 0.4) is 0 Å². The molecule has 0 aliphatic carbocycles. The molecule has 1 aliphatic heterocycles. The molecule has 0 bridgehead atoms. The van der Waals surface area contributed by atoms with Gasteiger partial charge in [0.25, 0.3) is 0 Å². The van der Waals surface area contributed by atoms with Crippen LogP contribution in [0.2, 0.25) is 0 Å². The van der Waals surface area contributed by atoms with Crippen LogP contribution < -0.4 is 0 Å². The third-order valence-corrected chi connectivity index (χ3v) is 3.62. The predicted molar refractivity (Wildman–Crippen MR) is 69.3 cm³/mol. The van der Waals surface area contributed by atoms with Crippen molar-refractivity contribution in [1.29, 1.82) is 0 Å². The molecular formula is C14H16F3NO3. The van der Waals surface area contributed by atoms with E-state index in [0.29, 0.717) is 13.0 Å². The van der Waals surface area contributed by atoms with Crippen molar-refractivity contribution in [3.05, 3.63) is 23.8 Å². The Hall–Kier alpha value is -1.76. The number of hydrogen-bond donors (Lipinski definition) is 2. The Kier molecular flexibility index (Phi) is 4.41. The molecule has 1 aromatic rings. The van der Waals surface area contributed by atoms with Gasteiger partial charge in [-0.25, -0.2) is 0 Å². The normalized spacial score (nSPS) is 20.4. The largest absolute Gasteiger partial charge is 0.508 e. The van der Waals surface area contributed by atoms with Gasteiger partial charge in [-0.3, -0.25) is 9.69 Å². The number of carbonyl (C=O) groups is 1. The summed E-state index contributed by atoms with van der Waals surface area (Å²) in [5, 5.41) is 18.8. The van der Waals surface area contributed by atoms with Crippen molar-refractivity contribution in [3.8, 4) is 11.5 Å². The Bertz CT molecular complexity index is 531. The summed E-state index contributed by atoms with van der Waals surface area (Å²) in [7, 11) is 0. The number of piperidine rings is 1. The molecule has 1 heterocycles. The van der Waals surface area contributed by atoms with Crippen molar-refractivity contribution >= 4 is 5.78 Å². The van der Waals surface area contributed by atoms with E-state index in [1.807, 2.05) is 0 Å². The highest BCUT2D eigenvalue weighted by molar-refractivity contribution is 6.00. The van der Waals surface area contributed by atoms with E-state index < -0.39 is 17.9 Å². The molecule has 0 spiro atoms. The first-order valence-electron chi connectivity index (χ1n) is 6.61. The molecule has 1 atom stereocenters. The second-order valence-corrected chi connectivity index (χ2v) is 5.24. The van der Waals surface area contributed by atoms with Crippen molar-refractivity contribution in [1.82, 2.24) is 4.90 Å². The van der Waals surface area contributed by atoms with Crippen LogP contribution in [0.5, 0.6) is 11.5 Å². The Labute approximate surface area is 119 Å². The van der Waals surface area contributed by atoms with E-state index in [2.05, 4.69) is 0 Å². The number of hydrogen-bond acceptors (Lipinski definition) is 4. The van der Waals surface area contributed by atoms with Gasteiger partial charge in [0.2, 0.25) is 0 Å². The van der Waals surface area contributed by atoms with Gasteiger partial charge in [-0.05, 0) is 31.5 Å². The summed E-state index contributed by atoms with van der Waals surface area (Å²) in [5.41, 5.74) is 0.00179. The topological polar surface area (TPSA) is 60.8 Å². The molecule has 0 saturated carbocycles. The number of phenolic OH excluding ortho intramolecular Hbond substituents is 2. The van der Waals surface area contributed by atoms with Gasteiger partial charge >= 0.3 is 6.18 Å². The molecule has 1 saturated heterocycles. The molecule has 0 radical (unpaired) electrons. The fourth-order valence-electron chi connectivity index (χ4n) is 2.51. The second kappa shape index (κ2) is 5.93. The lowest BCUT2D eigenvalue weighted by atomic mass is 9.97. The van der Waals surface area contributed by atoms with Crippen LogP contribution in [0.25, 0.3) is 0 Å². The summed E-state index contributed by atoms with van der Waals surface area (Å²) in [6.45, 7) is 0.0518. The lowest BCUT2D eigenvalue weighted by molar-refractivity contribution is -0.186. The van der Waals surface area contributed by atoms with Crippen molar-refractivity contribution < 1.29 is 28.2 Å². The summed E-state index contributed by atoms with van der Waals surface area (Å²) in [6, 6.07) is 3.54. The summed E-state index contributed by atoms with van der Waals surface area (Å²) in [4.78, 5) is 13.5. The molecule has 21 heavy (non-hydrogen) atoms. The summed E-state index contributed by atoms with van der Waals surface area (Å²) < 4.78 is 38.1. The minimum atomic E-state index is -4.25. The zero-order valence-electron chi connectivity index (χ0n) is 11.2. The van der Waals surface area contributed by atoms with Gasteiger partial charge in [0, 0.05) is 12.6 Å². The number of ketones is 1. The lowest BCUT2D eigenvalue weighted by Crippen LogP contribution is -2.43. The molecule has 7 heteroatoms. The number of likely N-dealkylation sites (tertiary alicyclic amines) is 1. The van der Waals surface area contributed by atoms with Crippen molar-refractivity contribution in [3.63, 3.8) is 0 Å². The third-order valence-electron chi connectivity index (χ3n) is 3.62. The van der Waals surface area contributed by atoms with Gasteiger partial charge in [-0.1, -0.05) is 0 Å². The van der Waals surface area contributed by atoms with E-state index in [9.17, 15) is 23.1 Å². The number of halogens is 3. The monoisotopic (exact) mass is 303 g/mol. The molecule has 2 rings (SSSR count). The summed E-state index contributed by atoms with van der Waals surface area (Å²) in [5.74, 6) is -2.42. The predicted octanol–water partition coefficient (Wildman–Crippen LogP) is 2.55. The van der Waals surface area contributed by atoms with E-state index in [4.69, 9.17) is 5.11 Å². The third kappa shape index (κ3) is 3.87. The average molecular weight is 303 g/mol. The zero-order valence-corrected chi connectivity index (χ0v) is 11.2. The Morgan fingerprint density at radius 1 is 1.33 bits per heavy atom. The maximum atomic E-state index is 12.7. The highest BCUT2D eigenvalue weighted by atomic mass is 19.4. The smallest absolute Gasteiger partial charge is 0.393 e. The van der Waals surface area contributed by atoms with E-state index in [-0.39, 0.29) is 36.6 Å². The molecule has 1 unspecified atom stereocenters.